The van der Waals surface area contributed by atoms with Gasteiger partial charge < -0.3 is 5.73 Å². The molecule has 1 atom stereocenters. The van der Waals surface area contributed by atoms with E-state index in [4.69, 9.17) is 5.73 Å². The van der Waals surface area contributed by atoms with Gasteiger partial charge in [0.05, 0.1) is 23.2 Å². The molecule has 1 saturated heterocycles. The molecule has 7 nitrogen and oxygen atoms in total. The maximum atomic E-state index is 12.0. The zero-order chi connectivity index (χ0) is 17.6. The fraction of sp³-hybridized carbons (Fsp3) is 0.600. The molecule has 0 bridgehead atoms. The van der Waals surface area contributed by atoms with Crippen LogP contribution in [0, 0.1) is 11.8 Å². The van der Waals surface area contributed by atoms with Crippen molar-refractivity contribution in [3.05, 3.63) is 22.2 Å². The number of rotatable bonds is 6. The molecule has 0 aromatic carbocycles. The van der Waals surface area contributed by atoms with E-state index < -0.39 is 10.0 Å². The summed E-state index contributed by atoms with van der Waals surface area (Å²) in [7, 11) is -3.29. The minimum absolute atomic E-state index is 0.00277. The van der Waals surface area contributed by atoms with E-state index in [2.05, 4.69) is 21.5 Å². The first-order valence-electron chi connectivity index (χ1n) is 7.89. The highest BCUT2D eigenvalue weighted by Gasteiger charge is 2.19. The standard InChI is InChI=1S/C15H22N4O3S2/c1-2-3-10-24(21,22)17-8-4-6-12-11-19(13-7-5-9-23-13)15(20)18-14(12)16/h11,13,17H,2-3,5,7-10H2,1H3,(H2,16,18,20). The second-order valence-corrected chi connectivity index (χ2v) is 8.70. The highest BCUT2D eigenvalue weighted by Crippen LogP contribution is 2.34. The molecular weight excluding hydrogens is 348 g/mol. The van der Waals surface area contributed by atoms with Gasteiger partial charge in [-0.2, -0.15) is 4.98 Å². The average Bonchev–Trinajstić information content (AvgIpc) is 3.05. The molecule has 1 aliphatic heterocycles. The number of unbranched alkanes of at least 4 members (excludes halogenated alkanes) is 1. The van der Waals surface area contributed by atoms with Crippen LogP contribution < -0.4 is 16.1 Å². The van der Waals surface area contributed by atoms with Gasteiger partial charge >= 0.3 is 5.69 Å². The highest BCUT2D eigenvalue weighted by molar-refractivity contribution is 7.99. The van der Waals surface area contributed by atoms with Crippen LogP contribution in [0.3, 0.4) is 0 Å². The number of nitrogens with zero attached hydrogens (tertiary/aromatic N) is 2. The molecule has 3 N–H and O–H groups in total. The van der Waals surface area contributed by atoms with Gasteiger partial charge in [0, 0.05) is 6.20 Å². The number of nitrogens with one attached hydrogen (secondary N) is 1. The Bertz CT molecular complexity index is 787. The van der Waals surface area contributed by atoms with Crippen molar-refractivity contribution < 1.29 is 8.42 Å². The van der Waals surface area contributed by atoms with E-state index in [0.29, 0.717) is 12.0 Å². The summed E-state index contributed by atoms with van der Waals surface area (Å²) in [5.74, 6) is 6.71. The summed E-state index contributed by atoms with van der Waals surface area (Å²) in [6.45, 7) is 1.94. The Balaban J connectivity index is 2.07. The third-order valence-corrected chi connectivity index (χ3v) is 6.35. The normalized spacial score (nSPS) is 17.5. The lowest BCUT2D eigenvalue weighted by atomic mass is 10.3. The molecule has 0 spiro atoms. The van der Waals surface area contributed by atoms with Crippen molar-refractivity contribution in [2.45, 2.75) is 38.0 Å². The molecule has 0 radical (unpaired) electrons. The number of hydrogen-bond acceptors (Lipinski definition) is 6. The lowest BCUT2D eigenvalue weighted by Gasteiger charge is -2.12. The first-order chi connectivity index (χ1) is 11.4. The van der Waals surface area contributed by atoms with Crippen LogP contribution in [-0.4, -0.2) is 36.0 Å². The van der Waals surface area contributed by atoms with E-state index in [1.807, 2.05) is 6.92 Å². The van der Waals surface area contributed by atoms with Crippen molar-refractivity contribution in [1.82, 2.24) is 14.3 Å². The van der Waals surface area contributed by atoms with E-state index in [1.165, 1.54) is 0 Å². The fourth-order valence-electron chi connectivity index (χ4n) is 2.26. The first kappa shape index (κ1) is 18.8. The van der Waals surface area contributed by atoms with Crippen molar-refractivity contribution in [2.24, 2.45) is 0 Å². The molecule has 0 saturated carbocycles. The van der Waals surface area contributed by atoms with Crippen LogP contribution in [0.1, 0.15) is 43.5 Å². The zero-order valence-electron chi connectivity index (χ0n) is 13.6. The van der Waals surface area contributed by atoms with Crippen molar-refractivity contribution in [1.29, 1.82) is 0 Å². The Labute approximate surface area is 146 Å². The van der Waals surface area contributed by atoms with Gasteiger partial charge in [0.25, 0.3) is 0 Å². The molecule has 132 valence electrons. The topological polar surface area (TPSA) is 107 Å². The second-order valence-electron chi connectivity index (χ2n) is 5.49. The van der Waals surface area contributed by atoms with Crippen molar-refractivity contribution in [3.8, 4) is 11.8 Å². The average molecular weight is 371 g/mol. The van der Waals surface area contributed by atoms with Crippen LogP contribution in [-0.2, 0) is 10.0 Å². The van der Waals surface area contributed by atoms with Crippen LogP contribution in [0.25, 0.3) is 0 Å². The monoisotopic (exact) mass is 370 g/mol. The summed E-state index contributed by atoms with van der Waals surface area (Å²) in [5.41, 5.74) is 5.81. The summed E-state index contributed by atoms with van der Waals surface area (Å²) < 4.78 is 27.3. The van der Waals surface area contributed by atoms with E-state index >= 15 is 0 Å². The van der Waals surface area contributed by atoms with Crippen LogP contribution in [0.15, 0.2) is 11.0 Å². The summed E-state index contributed by atoms with van der Waals surface area (Å²) in [5, 5.41) is 0.0682. The molecule has 2 rings (SSSR count). The molecule has 1 aromatic rings. The molecule has 2 heterocycles. The lowest BCUT2D eigenvalue weighted by molar-refractivity contribution is 0.582. The van der Waals surface area contributed by atoms with Gasteiger partial charge in [0.2, 0.25) is 10.0 Å². The van der Waals surface area contributed by atoms with Crippen molar-refractivity contribution >= 4 is 27.6 Å². The van der Waals surface area contributed by atoms with Crippen LogP contribution >= 0.6 is 11.8 Å². The molecule has 9 heteroatoms. The SMILES string of the molecule is CCCCS(=O)(=O)NCC#Cc1cn(C2CCCS2)c(=O)nc1N. The number of anilines is 1. The Hall–Kier alpha value is -1.50. The van der Waals surface area contributed by atoms with E-state index in [1.54, 1.807) is 22.5 Å². The van der Waals surface area contributed by atoms with Gasteiger partial charge in [-0.15, -0.1) is 11.8 Å². The van der Waals surface area contributed by atoms with E-state index in [0.717, 1.165) is 25.0 Å². The smallest absolute Gasteiger partial charge is 0.350 e. The molecule has 0 amide bonds. The largest absolute Gasteiger partial charge is 0.382 e. The minimum Gasteiger partial charge on any atom is -0.382 e. The third-order valence-electron chi connectivity index (χ3n) is 3.57. The quantitative estimate of drug-likeness (QED) is 0.721. The summed E-state index contributed by atoms with van der Waals surface area (Å²) in [4.78, 5) is 15.8. The first-order valence-corrected chi connectivity index (χ1v) is 10.6. The Kier molecular flexibility index (Phi) is 6.71. The molecule has 0 aliphatic carbocycles. The van der Waals surface area contributed by atoms with Crippen molar-refractivity contribution in [3.63, 3.8) is 0 Å². The molecular formula is C15H22N4O3S2. The third kappa shape index (κ3) is 5.26. The van der Waals surface area contributed by atoms with Crippen LogP contribution in [0.2, 0.25) is 0 Å². The fourth-order valence-corrected chi connectivity index (χ4v) is 4.61. The Morgan fingerprint density at radius 3 is 3.00 bits per heavy atom. The maximum Gasteiger partial charge on any atom is 0.350 e. The number of hydrogen-bond donors (Lipinski definition) is 2. The molecule has 24 heavy (non-hydrogen) atoms. The van der Waals surface area contributed by atoms with Gasteiger partial charge in [-0.1, -0.05) is 25.2 Å². The molecule has 1 aromatic heterocycles. The van der Waals surface area contributed by atoms with Gasteiger partial charge in [-0.3, -0.25) is 4.57 Å². The predicted molar refractivity (Wildman–Crippen MR) is 97.2 cm³/mol. The number of aromatic nitrogens is 2. The second kappa shape index (κ2) is 8.55. The van der Waals surface area contributed by atoms with Crippen molar-refractivity contribution in [2.75, 3.05) is 23.8 Å². The minimum atomic E-state index is -3.29. The molecule has 1 aliphatic rings. The van der Waals surface area contributed by atoms with Gasteiger partial charge in [-0.05, 0) is 25.0 Å². The zero-order valence-corrected chi connectivity index (χ0v) is 15.3. The van der Waals surface area contributed by atoms with E-state index in [-0.39, 0.29) is 29.2 Å². The molecule has 1 fully saturated rings. The molecule has 1 unspecified atom stereocenters. The predicted octanol–water partition coefficient (Wildman–Crippen LogP) is 0.922. The Morgan fingerprint density at radius 1 is 1.54 bits per heavy atom. The number of nitrogens with two attached hydrogens (primary N) is 1. The summed E-state index contributed by atoms with van der Waals surface area (Å²) in [6, 6.07) is 0. The van der Waals surface area contributed by atoms with Gasteiger partial charge in [-0.25, -0.2) is 17.9 Å². The van der Waals surface area contributed by atoms with Crippen LogP contribution in [0.5, 0.6) is 0 Å². The highest BCUT2D eigenvalue weighted by atomic mass is 32.2. The van der Waals surface area contributed by atoms with Gasteiger partial charge in [0.1, 0.15) is 5.82 Å². The van der Waals surface area contributed by atoms with E-state index in [9.17, 15) is 13.2 Å². The Morgan fingerprint density at radius 2 is 2.33 bits per heavy atom. The number of sulfonamides is 1. The summed E-state index contributed by atoms with van der Waals surface area (Å²) in [6.07, 6.45) is 5.03. The van der Waals surface area contributed by atoms with Gasteiger partial charge in [0.15, 0.2) is 0 Å². The number of thioether (sulfide) groups is 1. The van der Waals surface area contributed by atoms with Crippen LogP contribution in [0.4, 0.5) is 5.82 Å². The lowest BCUT2D eigenvalue weighted by Crippen LogP contribution is -2.27. The summed E-state index contributed by atoms with van der Waals surface area (Å²) >= 11 is 1.71. The maximum absolute atomic E-state index is 12.0. The number of nitrogen functional groups attached to an aromatic ring is 1.